The molecule has 3 aromatic heterocycles. The third-order valence-corrected chi connectivity index (χ3v) is 3.97. The van der Waals surface area contributed by atoms with Crippen molar-refractivity contribution in [2.75, 3.05) is 0 Å². The topological polar surface area (TPSA) is 15.8 Å². The van der Waals surface area contributed by atoms with Crippen molar-refractivity contribution in [1.82, 2.24) is 4.98 Å². The number of thiophene rings is 2. The highest BCUT2D eigenvalue weighted by Gasteiger charge is 2.04. The van der Waals surface area contributed by atoms with Crippen molar-refractivity contribution >= 4 is 22.7 Å². The van der Waals surface area contributed by atoms with Crippen LogP contribution in [0.5, 0.6) is 0 Å². The van der Waals surface area contributed by atoms with Gasteiger partial charge in [0.05, 0.1) is 21.1 Å². The molecule has 3 heteroatoms. The Balaban J connectivity index is 2.12. The number of rotatable bonds is 2. The SMILES string of the molecule is [2H]n1c(-c2cccs2)ccc1-c1cccs1. The predicted molar refractivity (Wildman–Crippen MR) is 67.4 cm³/mol. The van der Waals surface area contributed by atoms with E-state index in [4.69, 9.17) is 1.41 Å². The van der Waals surface area contributed by atoms with Gasteiger partial charge in [-0.1, -0.05) is 12.1 Å². The zero-order valence-corrected chi connectivity index (χ0v) is 9.52. The fourth-order valence-corrected chi connectivity index (χ4v) is 2.88. The van der Waals surface area contributed by atoms with Gasteiger partial charge in [0, 0.05) is 0 Å². The maximum atomic E-state index is 8.11. The molecule has 3 heterocycles. The molecule has 0 atom stereocenters. The predicted octanol–water partition coefficient (Wildman–Crippen LogP) is 4.47. The van der Waals surface area contributed by atoms with Crippen LogP contribution >= 0.6 is 22.7 Å². The van der Waals surface area contributed by atoms with Crippen LogP contribution in [0.3, 0.4) is 0 Å². The lowest BCUT2D eigenvalue weighted by Gasteiger charge is -1.92. The summed E-state index contributed by atoms with van der Waals surface area (Å²) >= 11 is 3.33. The Morgan fingerprint density at radius 1 is 0.867 bits per heavy atom. The highest BCUT2D eigenvalue weighted by molar-refractivity contribution is 7.13. The van der Waals surface area contributed by atoms with Crippen molar-refractivity contribution in [2.45, 2.75) is 0 Å². The first-order valence-electron chi connectivity index (χ1n) is 5.10. The Morgan fingerprint density at radius 2 is 1.40 bits per heavy atom. The summed E-state index contributed by atoms with van der Waals surface area (Å²) in [5.41, 5.74) is 1.91. The van der Waals surface area contributed by atoms with Crippen LogP contribution in [0, 0.1) is 0 Å². The Kier molecular flexibility index (Phi) is 1.94. The lowest BCUT2D eigenvalue weighted by Crippen LogP contribution is -1.72. The summed E-state index contributed by atoms with van der Waals surface area (Å²) in [6, 6.07) is 12.1. The van der Waals surface area contributed by atoms with E-state index in [0.29, 0.717) is 0 Å². The van der Waals surface area contributed by atoms with Gasteiger partial charge in [-0.15, -0.1) is 22.7 Å². The number of aromatic nitrogens is 1. The molecule has 0 fully saturated rings. The van der Waals surface area contributed by atoms with Gasteiger partial charge in [0.2, 0.25) is 0 Å². The molecule has 1 nitrogen and oxygen atoms in total. The molecule has 0 saturated carbocycles. The van der Waals surface area contributed by atoms with Crippen LogP contribution < -0.4 is 0 Å². The average molecular weight is 232 g/mol. The fourth-order valence-electron chi connectivity index (χ4n) is 1.49. The quantitative estimate of drug-likeness (QED) is 0.671. The van der Waals surface area contributed by atoms with Gasteiger partial charge in [-0.2, -0.15) is 0 Å². The molecule has 15 heavy (non-hydrogen) atoms. The minimum Gasteiger partial charge on any atom is -0.353 e. The Labute approximate surface area is 97.5 Å². The molecule has 0 amide bonds. The monoisotopic (exact) mass is 232 g/mol. The third kappa shape index (κ3) is 1.64. The number of hydrogen-bond acceptors (Lipinski definition) is 2. The molecule has 0 unspecified atom stereocenters. The van der Waals surface area contributed by atoms with Crippen LogP contribution in [0.15, 0.2) is 47.2 Å². The molecule has 0 aromatic carbocycles. The van der Waals surface area contributed by atoms with E-state index in [2.05, 4.69) is 0 Å². The summed E-state index contributed by atoms with van der Waals surface area (Å²) in [6.45, 7) is 0. The first-order chi connectivity index (χ1) is 7.86. The first-order valence-corrected chi connectivity index (χ1v) is 6.41. The van der Waals surface area contributed by atoms with Gasteiger partial charge in [-0.3, -0.25) is 0 Å². The van der Waals surface area contributed by atoms with Crippen LogP contribution in [0.2, 0.25) is 1.41 Å². The standard InChI is InChI=1S/C12H9NS2/c1-3-11(14-7-1)9-5-6-10(13-9)12-4-2-8-15-12/h1-8,13H/i/hD. The van der Waals surface area contributed by atoms with Crippen LogP contribution in [0.4, 0.5) is 0 Å². The lowest BCUT2D eigenvalue weighted by atomic mass is 10.3. The highest BCUT2D eigenvalue weighted by atomic mass is 32.1. The number of nitrogens with one attached hydrogen (secondary N) is 1. The van der Waals surface area contributed by atoms with E-state index >= 15 is 0 Å². The van der Waals surface area contributed by atoms with Gasteiger partial charge in [-0.25, -0.2) is 0 Å². The molecule has 0 aliphatic heterocycles. The van der Waals surface area contributed by atoms with Gasteiger partial charge in [0.15, 0.2) is 1.41 Å². The van der Waals surface area contributed by atoms with Gasteiger partial charge >= 0.3 is 0 Å². The molecular formula is C12H9NS2. The second-order valence-corrected chi connectivity index (χ2v) is 5.07. The summed E-state index contributed by atoms with van der Waals surface area (Å²) in [4.78, 5) is 3.79. The molecule has 1 N–H and O–H groups in total. The lowest BCUT2D eigenvalue weighted by molar-refractivity contribution is 1.43. The first kappa shape index (κ1) is 7.91. The molecule has 0 radical (unpaired) electrons. The zero-order chi connectivity index (χ0) is 11.0. The van der Waals surface area contributed by atoms with E-state index in [9.17, 15) is 0 Å². The normalized spacial score (nSPS) is 11.6. The van der Waals surface area contributed by atoms with Crippen LogP contribution in [0.25, 0.3) is 21.1 Å². The number of H-pyrrole nitrogens is 1. The summed E-state index contributed by atoms with van der Waals surface area (Å²) in [6.07, 6.45) is 0. The van der Waals surface area contributed by atoms with Gasteiger partial charge in [-0.05, 0) is 35.0 Å². The van der Waals surface area contributed by atoms with Crippen molar-refractivity contribution < 1.29 is 1.41 Å². The van der Waals surface area contributed by atoms with Gasteiger partial charge < -0.3 is 4.98 Å². The second-order valence-electron chi connectivity index (χ2n) is 3.17. The summed E-state index contributed by atoms with van der Waals surface area (Å²) < 4.78 is 8.11. The van der Waals surface area contributed by atoms with Crippen LogP contribution in [0.1, 0.15) is 0 Å². The smallest absolute Gasteiger partial charge is 0.167 e. The second kappa shape index (κ2) is 3.68. The fraction of sp³-hybridized carbons (Fsp3) is 0. The minimum atomic E-state index is 0.957. The van der Waals surface area contributed by atoms with Crippen molar-refractivity contribution in [3.8, 4) is 21.1 Å². The van der Waals surface area contributed by atoms with Crippen molar-refractivity contribution in [1.29, 1.82) is 0 Å². The molecule has 0 spiro atoms. The molecule has 0 aliphatic rings. The van der Waals surface area contributed by atoms with Crippen molar-refractivity contribution in [3.05, 3.63) is 47.2 Å². The molecule has 0 bridgehead atoms. The van der Waals surface area contributed by atoms with E-state index in [1.54, 1.807) is 22.7 Å². The van der Waals surface area contributed by atoms with Crippen molar-refractivity contribution in [3.63, 3.8) is 0 Å². The molecule has 3 aromatic rings. The van der Waals surface area contributed by atoms with E-state index in [1.807, 2.05) is 47.2 Å². The summed E-state index contributed by atoms with van der Waals surface area (Å²) in [5, 5.41) is 4.07. The number of aromatic amines is 1. The maximum absolute atomic E-state index is 8.11. The Morgan fingerprint density at radius 3 is 1.80 bits per heavy atom. The molecular weight excluding hydrogens is 222 g/mol. The maximum Gasteiger partial charge on any atom is 0.167 e. The highest BCUT2D eigenvalue weighted by Crippen LogP contribution is 2.29. The molecule has 0 aliphatic carbocycles. The molecule has 0 saturated heterocycles. The van der Waals surface area contributed by atoms with Crippen molar-refractivity contribution in [2.24, 2.45) is 0 Å². The van der Waals surface area contributed by atoms with Crippen LogP contribution in [-0.2, 0) is 0 Å². The Hall–Kier alpha value is -1.32. The zero-order valence-electron chi connectivity index (χ0n) is 8.88. The van der Waals surface area contributed by atoms with Gasteiger partial charge in [0.1, 0.15) is 0 Å². The van der Waals surface area contributed by atoms with E-state index in [0.717, 1.165) is 21.1 Å². The molecule has 74 valence electrons. The minimum absolute atomic E-state index is 0.957. The summed E-state index contributed by atoms with van der Waals surface area (Å²) in [5.74, 6) is 0. The van der Waals surface area contributed by atoms with Gasteiger partial charge in [0.25, 0.3) is 0 Å². The average Bonchev–Trinajstić information content (AvgIpc) is 2.96. The van der Waals surface area contributed by atoms with E-state index < -0.39 is 0 Å². The Bertz CT molecular complexity index is 527. The third-order valence-electron chi connectivity index (χ3n) is 2.19. The number of hydrogen-bond donors (Lipinski definition) is 1. The summed E-state index contributed by atoms with van der Waals surface area (Å²) in [7, 11) is 0. The van der Waals surface area contributed by atoms with E-state index in [1.165, 1.54) is 4.98 Å². The largest absolute Gasteiger partial charge is 0.353 e. The molecule has 3 rings (SSSR count). The van der Waals surface area contributed by atoms with E-state index in [-0.39, 0.29) is 0 Å². The van der Waals surface area contributed by atoms with Crippen LogP contribution in [-0.4, -0.2) is 4.98 Å².